The summed E-state index contributed by atoms with van der Waals surface area (Å²) in [6.45, 7) is 16.1. The Balaban J connectivity index is 0. The third kappa shape index (κ3) is 23.1. The lowest BCUT2D eigenvalue weighted by atomic mass is 9.89. The molecule has 36 heavy (non-hydrogen) atoms. The lowest BCUT2D eigenvalue weighted by Gasteiger charge is -2.30. The van der Waals surface area contributed by atoms with E-state index < -0.39 is 18.4 Å². The number of carbonyl (C=O) groups is 2. The van der Waals surface area contributed by atoms with Crippen molar-refractivity contribution in [1.82, 2.24) is 10.3 Å². The van der Waals surface area contributed by atoms with Crippen molar-refractivity contribution in [3.05, 3.63) is 24.4 Å². The van der Waals surface area contributed by atoms with Crippen molar-refractivity contribution in [3.8, 4) is 0 Å². The Morgan fingerprint density at radius 2 is 1.78 bits per heavy atom. The van der Waals surface area contributed by atoms with Gasteiger partial charge in [-0.15, -0.1) is 0 Å². The molecule has 0 fully saturated rings. The zero-order valence-electron chi connectivity index (χ0n) is 23.3. The minimum absolute atomic E-state index is 0.0765. The molecule has 2 atom stereocenters. The van der Waals surface area contributed by atoms with Crippen LogP contribution in [0.3, 0.4) is 0 Å². The van der Waals surface area contributed by atoms with E-state index in [0.29, 0.717) is 13.0 Å². The molecular formula is C26H48N2O6S2. The summed E-state index contributed by atoms with van der Waals surface area (Å²) in [6, 6.07) is 5.71. The number of nitrogens with one attached hydrogen (secondary N) is 1. The predicted octanol–water partition coefficient (Wildman–Crippen LogP) is 5.08. The SMILES string of the molecule is CC.CC(C)(C)C(CO)OC(O)COC(=O)CCCC(=O)NCCSSc1ccccn1.CC(C)C. The van der Waals surface area contributed by atoms with Gasteiger partial charge in [-0.25, -0.2) is 4.98 Å². The van der Waals surface area contributed by atoms with Gasteiger partial charge in [0.2, 0.25) is 5.91 Å². The number of amides is 1. The van der Waals surface area contributed by atoms with E-state index in [1.54, 1.807) is 27.8 Å². The van der Waals surface area contributed by atoms with Gasteiger partial charge in [-0.3, -0.25) is 9.59 Å². The van der Waals surface area contributed by atoms with Crippen LogP contribution in [0.15, 0.2) is 29.4 Å². The smallest absolute Gasteiger partial charge is 0.305 e. The maximum absolute atomic E-state index is 11.8. The number of hydrogen-bond acceptors (Lipinski definition) is 9. The van der Waals surface area contributed by atoms with Crippen LogP contribution in [0.1, 0.15) is 74.7 Å². The Morgan fingerprint density at radius 1 is 1.14 bits per heavy atom. The molecule has 8 nitrogen and oxygen atoms in total. The number of pyridine rings is 1. The third-order valence-electron chi connectivity index (χ3n) is 3.91. The minimum Gasteiger partial charge on any atom is -0.460 e. The van der Waals surface area contributed by atoms with E-state index in [4.69, 9.17) is 9.47 Å². The molecule has 0 spiro atoms. The van der Waals surface area contributed by atoms with Gasteiger partial charge in [0.25, 0.3) is 0 Å². The van der Waals surface area contributed by atoms with Crippen LogP contribution >= 0.6 is 21.6 Å². The molecule has 0 aliphatic heterocycles. The number of hydrogen-bond donors (Lipinski definition) is 3. The number of ether oxygens (including phenoxy) is 2. The van der Waals surface area contributed by atoms with Crippen molar-refractivity contribution < 1.29 is 29.3 Å². The van der Waals surface area contributed by atoms with Crippen molar-refractivity contribution in [1.29, 1.82) is 0 Å². The maximum Gasteiger partial charge on any atom is 0.305 e. The maximum atomic E-state index is 11.8. The standard InChI is InChI=1S/C20H32N2O6S2.C4H10.C2H6/c1-20(2,3)15(13-23)28-19(26)14-27-18(25)9-6-7-16(24)21-11-12-29-30-17-8-4-5-10-22-17;1-4(2)3;1-2/h4-5,8,10,15,19,23,26H,6-7,9,11-14H2,1-3H3,(H,21,24);4H,1-3H3;1-2H3. The molecule has 1 aromatic heterocycles. The molecule has 0 aliphatic carbocycles. The fourth-order valence-corrected chi connectivity index (χ4v) is 3.98. The van der Waals surface area contributed by atoms with Gasteiger partial charge in [-0.1, -0.05) is 72.3 Å². The van der Waals surface area contributed by atoms with Gasteiger partial charge in [0, 0.05) is 31.3 Å². The first-order valence-electron chi connectivity index (χ1n) is 12.5. The number of esters is 1. The van der Waals surface area contributed by atoms with E-state index in [1.165, 1.54) is 0 Å². The van der Waals surface area contributed by atoms with Crippen molar-refractivity contribution >= 4 is 33.5 Å². The summed E-state index contributed by atoms with van der Waals surface area (Å²) in [5.74, 6) is 0.950. The lowest BCUT2D eigenvalue weighted by molar-refractivity contribution is -0.199. The number of aromatic nitrogens is 1. The van der Waals surface area contributed by atoms with Crippen molar-refractivity contribution in [2.45, 2.75) is 92.1 Å². The number of rotatable bonds is 14. The zero-order valence-corrected chi connectivity index (χ0v) is 24.9. The van der Waals surface area contributed by atoms with Crippen LogP contribution in [0.25, 0.3) is 0 Å². The normalized spacial score (nSPS) is 12.4. The zero-order chi connectivity index (χ0) is 28.0. The fourth-order valence-electron chi connectivity index (χ4n) is 2.20. The molecule has 0 radical (unpaired) electrons. The van der Waals surface area contributed by atoms with Crippen LogP contribution < -0.4 is 5.32 Å². The van der Waals surface area contributed by atoms with Gasteiger partial charge in [0.15, 0.2) is 6.29 Å². The van der Waals surface area contributed by atoms with E-state index in [0.717, 1.165) is 16.7 Å². The second-order valence-electron chi connectivity index (χ2n) is 9.32. The fraction of sp³-hybridized carbons (Fsp3) is 0.731. The van der Waals surface area contributed by atoms with Crippen LogP contribution in [0, 0.1) is 11.3 Å². The summed E-state index contributed by atoms with van der Waals surface area (Å²) in [6.07, 6.45) is 0.515. The van der Waals surface area contributed by atoms with E-state index >= 15 is 0 Å². The van der Waals surface area contributed by atoms with Gasteiger partial charge in [-0.05, 0) is 40.7 Å². The molecule has 0 bridgehead atoms. The van der Waals surface area contributed by atoms with E-state index in [2.05, 4.69) is 31.1 Å². The topological polar surface area (TPSA) is 118 Å². The Morgan fingerprint density at radius 3 is 2.31 bits per heavy atom. The van der Waals surface area contributed by atoms with Crippen molar-refractivity contribution in [3.63, 3.8) is 0 Å². The highest BCUT2D eigenvalue weighted by Gasteiger charge is 2.27. The van der Waals surface area contributed by atoms with Gasteiger partial charge in [0.05, 0.1) is 12.7 Å². The van der Waals surface area contributed by atoms with Gasteiger partial charge in [-0.2, -0.15) is 0 Å². The molecule has 0 aromatic carbocycles. The molecule has 0 aliphatic rings. The molecule has 1 heterocycles. The summed E-state index contributed by atoms with van der Waals surface area (Å²) in [4.78, 5) is 27.7. The molecule has 1 amide bonds. The number of carbonyl (C=O) groups excluding carboxylic acids is 2. The number of nitrogens with zero attached hydrogens (tertiary/aromatic N) is 1. The highest BCUT2D eigenvalue weighted by Crippen LogP contribution is 2.28. The average Bonchev–Trinajstić information content (AvgIpc) is 2.82. The summed E-state index contributed by atoms with van der Waals surface area (Å²) >= 11 is 0. The first-order chi connectivity index (χ1) is 17.0. The molecule has 1 rings (SSSR count). The predicted molar refractivity (Wildman–Crippen MR) is 150 cm³/mol. The van der Waals surface area contributed by atoms with E-state index in [9.17, 15) is 19.8 Å². The molecule has 10 heteroatoms. The highest BCUT2D eigenvalue weighted by atomic mass is 33.1. The Kier molecular flexibility index (Phi) is 23.4. The molecule has 210 valence electrons. The first-order valence-corrected chi connectivity index (χ1v) is 14.8. The lowest BCUT2D eigenvalue weighted by Crippen LogP contribution is -2.38. The second-order valence-corrected chi connectivity index (χ2v) is 11.8. The average molecular weight is 549 g/mol. The van der Waals surface area contributed by atoms with Crippen LogP contribution in [0.2, 0.25) is 0 Å². The third-order valence-corrected chi connectivity index (χ3v) is 6.18. The van der Waals surface area contributed by atoms with E-state index in [1.807, 2.05) is 52.8 Å². The van der Waals surface area contributed by atoms with Gasteiger partial charge < -0.3 is 25.0 Å². The van der Waals surface area contributed by atoms with Crippen LogP contribution in [-0.4, -0.2) is 65.0 Å². The quantitative estimate of drug-likeness (QED) is 0.127. The monoisotopic (exact) mass is 548 g/mol. The Bertz CT molecular complexity index is 669. The summed E-state index contributed by atoms with van der Waals surface area (Å²) < 4.78 is 10.3. The highest BCUT2D eigenvalue weighted by molar-refractivity contribution is 8.76. The summed E-state index contributed by atoms with van der Waals surface area (Å²) in [7, 11) is 3.16. The van der Waals surface area contributed by atoms with Crippen molar-refractivity contribution in [2.75, 3.05) is 25.5 Å². The molecule has 3 N–H and O–H groups in total. The molecule has 0 saturated carbocycles. The number of aliphatic hydroxyl groups is 2. The summed E-state index contributed by atoms with van der Waals surface area (Å²) in [5.41, 5.74) is -0.358. The Labute approximate surface area is 226 Å². The summed E-state index contributed by atoms with van der Waals surface area (Å²) in [5, 5.41) is 22.9. The molecule has 2 unspecified atom stereocenters. The molecular weight excluding hydrogens is 500 g/mol. The van der Waals surface area contributed by atoms with Crippen LogP contribution in [0.4, 0.5) is 0 Å². The van der Waals surface area contributed by atoms with Crippen molar-refractivity contribution in [2.24, 2.45) is 11.3 Å². The number of aliphatic hydroxyl groups excluding tert-OH is 2. The van der Waals surface area contributed by atoms with Crippen LogP contribution in [-0.2, 0) is 19.1 Å². The molecule has 0 saturated heterocycles. The van der Waals surface area contributed by atoms with E-state index in [-0.39, 0.29) is 37.4 Å². The first kappa shape index (κ1) is 36.8. The second kappa shape index (κ2) is 22.8. The Hall–Kier alpha value is -1.33. The molecule has 1 aromatic rings. The van der Waals surface area contributed by atoms with Gasteiger partial charge >= 0.3 is 5.97 Å². The van der Waals surface area contributed by atoms with Crippen LogP contribution in [0.5, 0.6) is 0 Å². The minimum atomic E-state index is -1.31. The largest absolute Gasteiger partial charge is 0.460 e. The van der Waals surface area contributed by atoms with Gasteiger partial charge in [0.1, 0.15) is 11.6 Å².